The van der Waals surface area contributed by atoms with Crippen LogP contribution in [0.2, 0.25) is 0 Å². The zero-order valence-electron chi connectivity index (χ0n) is 15.2. The molecule has 0 aliphatic carbocycles. The summed E-state index contributed by atoms with van der Waals surface area (Å²) in [5, 5.41) is 5.94. The van der Waals surface area contributed by atoms with Crippen molar-refractivity contribution in [3.63, 3.8) is 0 Å². The van der Waals surface area contributed by atoms with E-state index in [-0.39, 0.29) is 27.0 Å². The molecule has 0 radical (unpaired) electrons. The van der Waals surface area contributed by atoms with Crippen LogP contribution in [0.4, 0.5) is 27.1 Å². The van der Waals surface area contributed by atoms with E-state index in [0.29, 0.717) is 0 Å². The van der Waals surface area contributed by atoms with Gasteiger partial charge in [0.05, 0.1) is 10.4 Å². The number of hydrogen-bond acceptors (Lipinski definition) is 5. The Balaban J connectivity index is 1.76. The van der Waals surface area contributed by atoms with Crippen molar-refractivity contribution >= 4 is 22.4 Å². The number of benzene rings is 2. The van der Waals surface area contributed by atoms with Gasteiger partial charge in [0.15, 0.2) is 5.13 Å². The van der Waals surface area contributed by atoms with Gasteiger partial charge in [-0.1, -0.05) is 34.7 Å². The topological polar surface area (TPSA) is 68.0 Å². The molecule has 158 valence electrons. The monoisotopic (exact) mass is 451 g/mol. The van der Waals surface area contributed by atoms with Gasteiger partial charge in [-0.05, 0) is 29.8 Å². The predicted octanol–water partition coefficient (Wildman–Crippen LogP) is 6.01. The Morgan fingerprint density at radius 2 is 1.74 bits per heavy atom. The van der Waals surface area contributed by atoms with Crippen molar-refractivity contribution in [3.05, 3.63) is 77.6 Å². The van der Waals surface area contributed by atoms with Crippen LogP contribution in [-0.2, 0) is 6.18 Å². The molecular formula is C20H10F5N3O2S. The van der Waals surface area contributed by atoms with Crippen LogP contribution in [0, 0.1) is 11.6 Å². The lowest BCUT2D eigenvalue weighted by atomic mass is 10.1. The molecule has 2 aromatic heterocycles. The summed E-state index contributed by atoms with van der Waals surface area (Å²) in [4.78, 5) is 16.8. The first-order valence-corrected chi connectivity index (χ1v) is 9.40. The summed E-state index contributed by atoms with van der Waals surface area (Å²) in [6.45, 7) is 0. The fourth-order valence-corrected chi connectivity index (χ4v) is 3.75. The van der Waals surface area contributed by atoms with Gasteiger partial charge in [-0.2, -0.15) is 13.2 Å². The highest BCUT2D eigenvalue weighted by atomic mass is 32.1. The highest BCUT2D eigenvalue weighted by molar-refractivity contribution is 7.19. The van der Waals surface area contributed by atoms with Gasteiger partial charge in [0.25, 0.3) is 5.91 Å². The summed E-state index contributed by atoms with van der Waals surface area (Å²) in [5.41, 5.74) is -1.16. The number of carbonyl (C=O) groups is 1. The summed E-state index contributed by atoms with van der Waals surface area (Å²) >= 11 is 0.828. The highest BCUT2D eigenvalue weighted by Crippen LogP contribution is 2.40. The van der Waals surface area contributed by atoms with Gasteiger partial charge in [-0.25, -0.2) is 13.8 Å². The van der Waals surface area contributed by atoms with Crippen molar-refractivity contribution in [2.45, 2.75) is 6.18 Å². The molecule has 0 bridgehead atoms. The summed E-state index contributed by atoms with van der Waals surface area (Å²) in [6.07, 6.45) is -3.31. The van der Waals surface area contributed by atoms with Crippen molar-refractivity contribution < 1.29 is 31.3 Å². The maximum Gasteiger partial charge on any atom is 0.416 e. The molecule has 0 saturated carbocycles. The first-order valence-electron chi connectivity index (χ1n) is 8.58. The lowest BCUT2D eigenvalue weighted by Crippen LogP contribution is -2.15. The number of alkyl halides is 3. The first-order chi connectivity index (χ1) is 14.7. The van der Waals surface area contributed by atoms with E-state index in [1.165, 1.54) is 24.5 Å². The lowest BCUT2D eigenvalue weighted by Gasteiger charge is -2.08. The fourth-order valence-electron chi connectivity index (χ4n) is 2.79. The SMILES string of the molecule is O=C(Nc1nc(-c2ccon2)c(-c2cccc(C(F)(F)F)c2)s1)c1c(F)cccc1F. The number of thiazole rings is 1. The van der Waals surface area contributed by atoms with Crippen LogP contribution in [0.1, 0.15) is 15.9 Å². The molecule has 0 saturated heterocycles. The molecule has 1 amide bonds. The van der Waals surface area contributed by atoms with Gasteiger partial charge in [-0.15, -0.1) is 0 Å². The van der Waals surface area contributed by atoms with Gasteiger partial charge < -0.3 is 4.52 Å². The summed E-state index contributed by atoms with van der Waals surface area (Å²) in [5.74, 6) is -3.22. The Labute approximate surface area is 175 Å². The molecule has 0 spiro atoms. The summed E-state index contributed by atoms with van der Waals surface area (Å²) < 4.78 is 71.9. The smallest absolute Gasteiger partial charge is 0.364 e. The van der Waals surface area contributed by atoms with E-state index in [4.69, 9.17) is 4.52 Å². The summed E-state index contributed by atoms with van der Waals surface area (Å²) in [6, 6.07) is 8.92. The Bertz CT molecular complexity index is 1230. The van der Waals surface area contributed by atoms with Crippen LogP contribution >= 0.6 is 11.3 Å². The number of carbonyl (C=O) groups excluding carboxylic acids is 1. The summed E-state index contributed by atoms with van der Waals surface area (Å²) in [7, 11) is 0. The number of anilines is 1. The van der Waals surface area contributed by atoms with Crippen molar-refractivity contribution in [2.75, 3.05) is 5.32 Å². The number of halogens is 5. The van der Waals surface area contributed by atoms with E-state index in [2.05, 4.69) is 15.5 Å². The molecule has 0 atom stereocenters. The third-order valence-corrected chi connectivity index (χ3v) is 5.19. The first kappa shape index (κ1) is 20.7. The second-order valence-electron chi connectivity index (χ2n) is 6.21. The number of aromatic nitrogens is 2. The normalized spacial score (nSPS) is 11.5. The molecule has 5 nitrogen and oxygen atoms in total. The molecule has 0 aliphatic heterocycles. The minimum absolute atomic E-state index is 0.0851. The fraction of sp³-hybridized carbons (Fsp3) is 0.0500. The maximum absolute atomic E-state index is 13.9. The number of nitrogens with one attached hydrogen (secondary N) is 1. The molecule has 4 aromatic rings. The van der Waals surface area contributed by atoms with Gasteiger partial charge in [0, 0.05) is 6.07 Å². The number of amides is 1. The molecule has 2 heterocycles. The highest BCUT2D eigenvalue weighted by Gasteiger charge is 2.31. The largest absolute Gasteiger partial charge is 0.416 e. The predicted molar refractivity (Wildman–Crippen MR) is 102 cm³/mol. The third kappa shape index (κ3) is 4.17. The molecule has 2 aromatic carbocycles. The molecule has 11 heteroatoms. The standard InChI is InChI=1S/C20H10F5N3O2S/c21-12-5-2-6-13(22)15(12)18(29)27-19-26-16(14-7-8-30-28-14)17(31-19)10-3-1-4-11(9-10)20(23,24)25/h1-9H,(H,26,27,29). The number of hydrogen-bond donors (Lipinski definition) is 1. The van der Waals surface area contributed by atoms with Gasteiger partial charge >= 0.3 is 6.18 Å². The molecule has 0 aliphatic rings. The second-order valence-corrected chi connectivity index (χ2v) is 7.21. The van der Waals surface area contributed by atoms with Crippen LogP contribution in [0.15, 0.2) is 59.3 Å². The van der Waals surface area contributed by atoms with Crippen LogP contribution in [0.25, 0.3) is 21.8 Å². The van der Waals surface area contributed by atoms with E-state index in [1.54, 1.807) is 0 Å². The molecule has 4 rings (SSSR count). The van der Waals surface area contributed by atoms with Gasteiger partial charge in [0.1, 0.15) is 34.8 Å². The maximum atomic E-state index is 13.9. The van der Waals surface area contributed by atoms with Crippen LogP contribution < -0.4 is 5.32 Å². The van der Waals surface area contributed by atoms with Crippen molar-refractivity contribution in [1.29, 1.82) is 0 Å². The minimum atomic E-state index is -4.56. The number of nitrogens with zero attached hydrogens (tertiary/aromatic N) is 2. The lowest BCUT2D eigenvalue weighted by molar-refractivity contribution is -0.137. The number of rotatable bonds is 4. The second kappa shape index (κ2) is 7.91. The van der Waals surface area contributed by atoms with Crippen LogP contribution in [0.5, 0.6) is 0 Å². The molecule has 0 fully saturated rings. The van der Waals surface area contributed by atoms with Gasteiger partial charge in [0.2, 0.25) is 0 Å². The quantitative estimate of drug-likeness (QED) is 0.386. The molecular weight excluding hydrogens is 441 g/mol. The van der Waals surface area contributed by atoms with E-state index in [1.807, 2.05) is 0 Å². The van der Waals surface area contributed by atoms with Crippen LogP contribution in [-0.4, -0.2) is 16.0 Å². The van der Waals surface area contributed by atoms with Gasteiger partial charge in [-0.3, -0.25) is 10.1 Å². The average Bonchev–Trinajstić information content (AvgIpc) is 3.37. The Morgan fingerprint density at radius 3 is 2.39 bits per heavy atom. The van der Waals surface area contributed by atoms with E-state index < -0.39 is 34.8 Å². The Kier molecular flexibility index (Phi) is 5.27. The zero-order chi connectivity index (χ0) is 22.2. The Hall–Kier alpha value is -3.60. The van der Waals surface area contributed by atoms with Crippen molar-refractivity contribution in [2.24, 2.45) is 0 Å². The van der Waals surface area contributed by atoms with Crippen molar-refractivity contribution in [1.82, 2.24) is 10.1 Å². The Morgan fingerprint density at radius 1 is 1.03 bits per heavy atom. The minimum Gasteiger partial charge on any atom is -0.364 e. The van der Waals surface area contributed by atoms with E-state index in [0.717, 1.165) is 41.7 Å². The average molecular weight is 451 g/mol. The van der Waals surface area contributed by atoms with E-state index >= 15 is 0 Å². The molecule has 31 heavy (non-hydrogen) atoms. The van der Waals surface area contributed by atoms with E-state index in [9.17, 15) is 26.7 Å². The zero-order valence-corrected chi connectivity index (χ0v) is 16.0. The molecule has 0 unspecified atom stereocenters. The van der Waals surface area contributed by atoms with Crippen molar-refractivity contribution in [3.8, 4) is 21.8 Å². The van der Waals surface area contributed by atoms with Crippen LogP contribution in [0.3, 0.4) is 0 Å². The third-order valence-electron chi connectivity index (χ3n) is 4.17. The molecule has 1 N–H and O–H groups in total.